The van der Waals surface area contributed by atoms with Crippen LogP contribution in [0.25, 0.3) is 0 Å². The van der Waals surface area contributed by atoms with E-state index in [4.69, 9.17) is 10.5 Å². The van der Waals surface area contributed by atoms with Crippen LogP contribution >= 0.6 is 0 Å². The monoisotopic (exact) mass is 477 g/mol. The zero-order valence-electron chi connectivity index (χ0n) is 20.0. The molecule has 10 nitrogen and oxygen atoms in total. The van der Waals surface area contributed by atoms with E-state index in [0.717, 1.165) is 11.4 Å². The van der Waals surface area contributed by atoms with E-state index in [1.165, 1.54) is 0 Å². The molecule has 0 saturated carbocycles. The van der Waals surface area contributed by atoms with Crippen molar-refractivity contribution in [2.24, 2.45) is 0 Å². The molecule has 0 spiro atoms. The highest BCUT2D eigenvalue weighted by Gasteiger charge is 2.25. The Labute approximate surface area is 204 Å². The topological polar surface area (TPSA) is 130 Å². The second-order valence-electron chi connectivity index (χ2n) is 8.63. The zero-order chi connectivity index (χ0) is 24.8. The lowest BCUT2D eigenvalue weighted by Gasteiger charge is -2.36. The van der Waals surface area contributed by atoms with E-state index in [0.29, 0.717) is 49.7 Å². The molecule has 0 bridgehead atoms. The summed E-state index contributed by atoms with van der Waals surface area (Å²) < 4.78 is 5.97. The number of rotatable bonds is 7. The largest absolute Gasteiger partial charge is 0.483 e. The Morgan fingerprint density at radius 2 is 1.94 bits per heavy atom. The molecule has 3 heterocycles. The maximum atomic E-state index is 12.9. The third kappa shape index (κ3) is 5.96. The fraction of sp³-hybridized carbons (Fsp3) is 0.360. The van der Waals surface area contributed by atoms with E-state index in [-0.39, 0.29) is 18.6 Å². The lowest BCUT2D eigenvalue weighted by molar-refractivity contribution is 0.0531. The quantitative estimate of drug-likeness (QED) is 0.474. The van der Waals surface area contributed by atoms with Crippen molar-refractivity contribution in [1.29, 1.82) is 0 Å². The Morgan fingerprint density at radius 1 is 1.14 bits per heavy atom. The Kier molecular flexibility index (Phi) is 7.31. The van der Waals surface area contributed by atoms with Crippen LogP contribution in [0.4, 0.5) is 22.2 Å². The van der Waals surface area contributed by atoms with Crippen molar-refractivity contribution in [3.05, 3.63) is 66.1 Å². The van der Waals surface area contributed by atoms with Crippen LogP contribution in [0.15, 0.2) is 54.9 Å². The summed E-state index contributed by atoms with van der Waals surface area (Å²) >= 11 is 0. The van der Waals surface area contributed by atoms with Gasteiger partial charge in [0.15, 0.2) is 11.6 Å². The van der Waals surface area contributed by atoms with Crippen molar-refractivity contribution in [3.8, 4) is 5.75 Å². The molecule has 4 N–H and O–H groups in total. The minimum absolute atomic E-state index is 0.170. The molecule has 2 amide bonds. The molecule has 0 radical (unpaired) electrons. The van der Waals surface area contributed by atoms with Crippen LogP contribution < -0.4 is 20.7 Å². The average Bonchev–Trinajstić information content (AvgIpc) is 2.88. The third-order valence-corrected chi connectivity index (χ3v) is 6.15. The van der Waals surface area contributed by atoms with Gasteiger partial charge in [-0.05, 0) is 49.2 Å². The van der Waals surface area contributed by atoms with Gasteiger partial charge in [-0.15, -0.1) is 0 Å². The molecule has 1 aromatic carbocycles. The number of urea groups is 1. The summed E-state index contributed by atoms with van der Waals surface area (Å²) in [6.07, 6.45) is 3.90. The van der Waals surface area contributed by atoms with E-state index >= 15 is 0 Å². The third-order valence-electron chi connectivity index (χ3n) is 6.15. The van der Waals surface area contributed by atoms with Crippen LogP contribution in [0.5, 0.6) is 5.75 Å². The number of nitrogens with one attached hydrogen (secondary N) is 1. The zero-order valence-corrected chi connectivity index (χ0v) is 20.0. The number of carbonyl (C=O) groups excluding carboxylic acids is 1. The van der Waals surface area contributed by atoms with E-state index in [2.05, 4.69) is 25.2 Å². The number of carbonyl (C=O) groups is 1. The molecule has 1 saturated heterocycles. The van der Waals surface area contributed by atoms with Crippen molar-refractivity contribution in [2.45, 2.75) is 32.5 Å². The standard InChI is InChI=1S/C25H31N7O3/c1-3-25(2,34)18-6-4-7-19(16-18)30-24(33)32-14-12-31(13-15-32)22-21(8-5-10-27-22)35-17-20-9-11-28-23(26)29-20/h4-11,16,34H,3,12-15,17H2,1-2H3,(H,30,33)(H2,26,28,29). The first-order valence-electron chi connectivity index (χ1n) is 11.6. The van der Waals surface area contributed by atoms with Gasteiger partial charge in [-0.2, -0.15) is 0 Å². The van der Waals surface area contributed by atoms with Gasteiger partial charge in [0.25, 0.3) is 0 Å². The van der Waals surface area contributed by atoms with Gasteiger partial charge in [0, 0.05) is 44.3 Å². The van der Waals surface area contributed by atoms with Gasteiger partial charge in [0.1, 0.15) is 6.61 Å². The van der Waals surface area contributed by atoms with Crippen molar-refractivity contribution in [3.63, 3.8) is 0 Å². The highest BCUT2D eigenvalue weighted by molar-refractivity contribution is 5.89. The maximum Gasteiger partial charge on any atom is 0.321 e. The van der Waals surface area contributed by atoms with E-state index in [1.807, 2.05) is 43.3 Å². The minimum atomic E-state index is -0.936. The summed E-state index contributed by atoms with van der Waals surface area (Å²) in [6, 6.07) is 12.6. The highest BCUT2D eigenvalue weighted by Crippen LogP contribution is 2.28. The molecule has 35 heavy (non-hydrogen) atoms. The molecule has 1 aliphatic rings. The molecule has 1 aliphatic heterocycles. The van der Waals surface area contributed by atoms with E-state index in [9.17, 15) is 9.90 Å². The molecule has 3 aromatic rings. The van der Waals surface area contributed by atoms with Gasteiger partial charge < -0.3 is 30.7 Å². The number of aromatic nitrogens is 3. The van der Waals surface area contributed by atoms with Crippen LogP contribution in [0.3, 0.4) is 0 Å². The van der Waals surface area contributed by atoms with Crippen molar-refractivity contribution < 1.29 is 14.6 Å². The van der Waals surface area contributed by atoms with Crippen molar-refractivity contribution in [2.75, 3.05) is 42.1 Å². The summed E-state index contributed by atoms with van der Waals surface area (Å²) in [5.74, 6) is 1.57. The number of hydrogen-bond acceptors (Lipinski definition) is 8. The van der Waals surface area contributed by atoms with Gasteiger partial charge in [0.05, 0.1) is 11.3 Å². The van der Waals surface area contributed by atoms with Gasteiger partial charge in [-0.3, -0.25) is 0 Å². The van der Waals surface area contributed by atoms with Crippen LogP contribution in [0.2, 0.25) is 0 Å². The number of nitrogens with two attached hydrogens (primary N) is 1. The van der Waals surface area contributed by atoms with Crippen molar-refractivity contribution >= 4 is 23.5 Å². The number of piperazine rings is 1. The molecule has 184 valence electrons. The Morgan fingerprint density at radius 3 is 2.69 bits per heavy atom. The average molecular weight is 478 g/mol. The second-order valence-corrected chi connectivity index (χ2v) is 8.63. The molecule has 0 aliphatic carbocycles. The van der Waals surface area contributed by atoms with Gasteiger partial charge in [-0.25, -0.2) is 19.7 Å². The molecule has 4 rings (SSSR count). The van der Waals surface area contributed by atoms with E-state index in [1.54, 1.807) is 30.3 Å². The fourth-order valence-corrected chi connectivity index (χ4v) is 3.84. The number of benzene rings is 1. The summed E-state index contributed by atoms with van der Waals surface area (Å²) in [4.78, 5) is 29.3. The minimum Gasteiger partial charge on any atom is -0.483 e. The summed E-state index contributed by atoms with van der Waals surface area (Å²) in [7, 11) is 0. The Hall–Kier alpha value is -3.92. The summed E-state index contributed by atoms with van der Waals surface area (Å²) in [5, 5.41) is 13.5. The number of aliphatic hydroxyl groups is 1. The van der Waals surface area contributed by atoms with Crippen molar-refractivity contribution in [1.82, 2.24) is 19.9 Å². The van der Waals surface area contributed by atoms with E-state index < -0.39 is 5.60 Å². The lowest BCUT2D eigenvalue weighted by atomic mass is 9.93. The molecule has 2 aromatic heterocycles. The number of pyridine rings is 1. The number of nitrogens with zero attached hydrogens (tertiary/aromatic N) is 5. The Bertz CT molecular complexity index is 1160. The number of ether oxygens (including phenoxy) is 1. The number of anilines is 3. The fourth-order valence-electron chi connectivity index (χ4n) is 3.84. The SMILES string of the molecule is CCC(C)(O)c1cccc(NC(=O)N2CCN(c3ncccc3OCc3ccnc(N)n3)CC2)c1. The summed E-state index contributed by atoms with van der Waals surface area (Å²) in [6.45, 7) is 6.25. The smallest absolute Gasteiger partial charge is 0.321 e. The predicted molar refractivity (Wildman–Crippen MR) is 134 cm³/mol. The molecular formula is C25H31N7O3. The maximum absolute atomic E-state index is 12.9. The first kappa shape index (κ1) is 24.2. The highest BCUT2D eigenvalue weighted by atomic mass is 16.5. The molecule has 1 fully saturated rings. The number of hydrogen-bond donors (Lipinski definition) is 3. The summed E-state index contributed by atoms with van der Waals surface area (Å²) in [5.41, 5.74) is 6.82. The van der Waals surface area contributed by atoms with Crippen LogP contribution in [-0.4, -0.2) is 57.2 Å². The number of nitrogen functional groups attached to an aromatic ring is 1. The molecule has 10 heteroatoms. The number of amides is 2. The molecule has 1 atom stereocenters. The van der Waals surface area contributed by atoms with Crippen LogP contribution in [0, 0.1) is 0 Å². The molecule has 1 unspecified atom stereocenters. The first-order valence-corrected chi connectivity index (χ1v) is 11.6. The predicted octanol–water partition coefficient (Wildman–Crippen LogP) is 3.00. The van der Waals surface area contributed by atoms with Gasteiger partial charge >= 0.3 is 6.03 Å². The Balaban J connectivity index is 1.35. The molecular weight excluding hydrogens is 446 g/mol. The van der Waals surface area contributed by atoms with Gasteiger partial charge in [-0.1, -0.05) is 19.1 Å². The second kappa shape index (κ2) is 10.6. The van der Waals surface area contributed by atoms with Crippen LogP contribution in [-0.2, 0) is 12.2 Å². The normalized spacial score (nSPS) is 15.4. The first-order chi connectivity index (χ1) is 16.9. The lowest BCUT2D eigenvalue weighted by Crippen LogP contribution is -2.50. The van der Waals surface area contributed by atoms with Gasteiger partial charge in [0.2, 0.25) is 5.95 Å². The van der Waals surface area contributed by atoms with Crippen LogP contribution in [0.1, 0.15) is 31.5 Å².